The van der Waals surface area contributed by atoms with E-state index >= 15 is 0 Å². The molecule has 2 amide bonds. The molecular formula is C17H21N3O4. The van der Waals surface area contributed by atoms with Gasteiger partial charge >= 0.3 is 11.8 Å². The Hall–Kier alpha value is -2.80. The van der Waals surface area contributed by atoms with Crippen LogP contribution in [0.3, 0.4) is 0 Å². The van der Waals surface area contributed by atoms with E-state index in [9.17, 15) is 14.7 Å². The predicted molar refractivity (Wildman–Crippen MR) is 88.2 cm³/mol. The Morgan fingerprint density at radius 2 is 1.83 bits per heavy atom. The van der Waals surface area contributed by atoms with Crippen LogP contribution in [0.5, 0.6) is 5.75 Å². The Morgan fingerprint density at radius 3 is 2.42 bits per heavy atom. The maximum absolute atomic E-state index is 11.8. The molecule has 0 bridgehead atoms. The molecule has 7 nitrogen and oxygen atoms in total. The lowest BCUT2D eigenvalue weighted by atomic mass is 10.2. The van der Waals surface area contributed by atoms with Crippen molar-refractivity contribution in [2.24, 2.45) is 7.05 Å². The van der Waals surface area contributed by atoms with E-state index in [1.54, 1.807) is 61.3 Å². The van der Waals surface area contributed by atoms with Crippen molar-refractivity contribution < 1.29 is 19.4 Å². The molecule has 3 N–H and O–H groups in total. The Labute approximate surface area is 140 Å². The number of methoxy groups -OCH3 is 1. The second-order valence-electron chi connectivity index (χ2n) is 5.30. The van der Waals surface area contributed by atoms with E-state index < -0.39 is 17.9 Å². The lowest BCUT2D eigenvalue weighted by molar-refractivity contribution is -0.139. The van der Waals surface area contributed by atoms with Gasteiger partial charge in [-0.25, -0.2) is 0 Å². The van der Waals surface area contributed by atoms with Crippen molar-refractivity contribution in [1.29, 1.82) is 0 Å². The van der Waals surface area contributed by atoms with E-state index in [2.05, 4.69) is 10.6 Å². The van der Waals surface area contributed by atoms with Gasteiger partial charge in [-0.2, -0.15) is 0 Å². The number of hydrogen-bond acceptors (Lipinski definition) is 4. The molecule has 2 aromatic rings. The highest BCUT2D eigenvalue weighted by molar-refractivity contribution is 6.35. The Morgan fingerprint density at radius 1 is 1.17 bits per heavy atom. The molecule has 2 rings (SSSR count). The van der Waals surface area contributed by atoms with Gasteiger partial charge in [0.15, 0.2) is 0 Å². The van der Waals surface area contributed by atoms with E-state index in [-0.39, 0.29) is 13.1 Å². The highest BCUT2D eigenvalue weighted by atomic mass is 16.5. The fraction of sp³-hybridized carbons (Fsp3) is 0.294. The molecule has 1 aromatic carbocycles. The number of aryl methyl sites for hydroxylation is 1. The molecule has 128 valence electrons. The maximum Gasteiger partial charge on any atom is 0.309 e. The molecule has 1 atom stereocenters. The molecule has 24 heavy (non-hydrogen) atoms. The van der Waals surface area contributed by atoms with Crippen LogP contribution < -0.4 is 15.4 Å². The van der Waals surface area contributed by atoms with Crippen LogP contribution in [0.4, 0.5) is 0 Å². The van der Waals surface area contributed by atoms with Gasteiger partial charge in [-0.1, -0.05) is 12.1 Å². The van der Waals surface area contributed by atoms with Crippen molar-refractivity contribution >= 4 is 11.8 Å². The van der Waals surface area contributed by atoms with E-state index in [1.165, 1.54) is 0 Å². The number of rotatable bonds is 6. The molecule has 0 spiro atoms. The van der Waals surface area contributed by atoms with Crippen LogP contribution >= 0.6 is 0 Å². The molecule has 7 heteroatoms. The average molecular weight is 331 g/mol. The van der Waals surface area contributed by atoms with Gasteiger partial charge in [-0.3, -0.25) is 9.59 Å². The van der Waals surface area contributed by atoms with Crippen LogP contribution in [-0.2, 0) is 23.2 Å². The molecule has 0 saturated carbocycles. The summed E-state index contributed by atoms with van der Waals surface area (Å²) in [4.78, 5) is 23.5. The molecule has 0 aliphatic carbocycles. The van der Waals surface area contributed by atoms with Crippen molar-refractivity contribution in [1.82, 2.24) is 15.2 Å². The molecule has 0 radical (unpaired) electrons. The van der Waals surface area contributed by atoms with Crippen LogP contribution in [0.1, 0.15) is 17.4 Å². The minimum absolute atomic E-state index is 0.0351. The number of ether oxygens (including phenoxy) is 1. The van der Waals surface area contributed by atoms with Gasteiger partial charge in [0.25, 0.3) is 0 Å². The fourth-order valence-corrected chi connectivity index (χ4v) is 2.20. The van der Waals surface area contributed by atoms with Crippen LogP contribution in [-0.4, -0.2) is 35.1 Å². The van der Waals surface area contributed by atoms with Crippen molar-refractivity contribution in [3.05, 3.63) is 53.9 Å². The largest absolute Gasteiger partial charge is 0.497 e. The van der Waals surface area contributed by atoms with Gasteiger partial charge in [-0.15, -0.1) is 0 Å². The lowest BCUT2D eigenvalue weighted by Crippen LogP contribution is -2.41. The molecule has 0 fully saturated rings. The Bertz CT molecular complexity index is 694. The Kier molecular flexibility index (Phi) is 5.97. The number of carbonyl (C=O) groups excluding carboxylic acids is 2. The highest BCUT2D eigenvalue weighted by Crippen LogP contribution is 2.12. The number of nitrogens with zero attached hydrogens (tertiary/aromatic N) is 1. The number of benzene rings is 1. The number of amides is 2. The first-order chi connectivity index (χ1) is 11.5. The summed E-state index contributed by atoms with van der Waals surface area (Å²) in [6, 6.07) is 10.7. The number of carbonyl (C=O) groups is 2. The standard InChI is InChI=1S/C17H21N3O4/c1-20-9-3-4-14(20)15(21)11-19-17(23)16(22)18-10-12-5-7-13(24-2)8-6-12/h3-9,15,21H,10-11H2,1-2H3,(H,18,22)(H,19,23). The average Bonchev–Trinajstić information content (AvgIpc) is 3.03. The SMILES string of the molecule is COc1ccc(CNC(=O)C(=O)NCC(O)c2cccn2C)cc1. The molecule has 0 saturated heterocycles. The van der Waals surface area contributed by atoms with Gasteiger partial charge in [0, 0.05) is 32.0 Å². The number of aromatic nitrogens is 1. The van der Waals surface area contributed by atoms with Crippen LogP contribution in [0.15, 0.2) is 42.6 Å². The normalized spacial score (nSPS) is 11.6. The second kappa shape index (κ2) is 8.16. The summed E-state index contributed by atoms with van der Waals surface area (Å²) in [7, 11) is 3.37. The van der Waals surface area contributed by atoms with Crippen LogP contribution in [0.25, 0.3) is 0 Å². The zero-order valence-electron chi connectivity index (χ0n) is 13.7. The van der Waals surface area contributed by atoms with E-state index in [0.717, 1.165) is 11.3 Å². The van der Waals surface area contributed by atoms with Crippen molar-refractivity contribution in [2.75, 3.05) is 13.7 Å². The predicted octanol–water partition coefficient (Wildman–Crippen LogP) is 0.500. The molecular weight excluding hydrogens is 310 g/mol. The second-order valence-corrected chi connectivity index (χ2v) is 5.30. The third kappa shape index (κ3) is 4.60. The third-order valence-electron chi connectivity index (χ3n) is 3.60. The summed E-state index contributed by atoms with van der Waals surface area (Å²) < 4.78 is 6.80. The summed E-state index contributed by atoms with van der Waals surface area (Å²) in [5.41, 5.74) is 1.51. The smallest absolute Gasteiger partial charge is 0.309 e. The summed E-state index contributed by atoms with van der Waals surface area (Å²) in [5, 5.41) is 14.9. The first kappa shape index (κ1) is 17.6. The first-order valence-corrected chi connectivity index (χ1v) is 7.49. The minimum atomic E-state index is -0.872. The summed E-state index contributed by atoms with van der Waals surface area (Å²) >= 11 is 0. The molecule has 1 aromatic heterocycles. The van der Waals surface area contributed by atoms with Gasteiger partial charge < -0.3 is 25.0 Å². The summed E-state index contributed by atoms with van der Waals surface area (Å²) in [5.74, 6) is -0.806. The van der Waals surface area contributed by atoms with Crippen molar-refractivity contribution in [3.63, 3.8) is 0 Å². The van der Waals surface area contributed by atoms with Crippen LogP contribution in [0.2, 0.25) is 0 Å². The highest BCUT2D eigenvalue weighted by Gasteiger charge is 2.16. The minimum Gasteiger partial charge on any atom is -0.497 e. The number of hydrogen-bond donors (Lipinski definition) is 3. The van der Waals surface area contributed by atoms with Crippen molar-refractivity contribution in [3.8, 4) is 5.75 Å². The van der Waals surface area contributed by atoms with Crippen LogP contribution in [0, 0.1) is 0 Å². The monoisotopic (exact) mass is 331 g/mol. The van der Waals surface area contributed by atoms with E-state index in [1.807, 2.05) is 0 Å². The topological polar surface area (TPSA) is 92.6 Å². The fourth-order valence-electron chi connectivity index (χ4n) is 2.20. The quantitative estimate of drug-likeness (QED) is 0.672. The molecule has 1 heterocycles. The first-order valence-electron chi connectivity index (χ1n) is 7.49. The zero-order chi connectivity index (χ0) is 17.5. The summed E-state index contributed by atoms with van der Waals surface area (Å²) in [6.07, 6.45) is 0.922. The lowest BCUT2D eigenvalue weighted by Gasteiger charge is -2.13. The third-order valence-corrected chi connectivity index (χ3v) is 3.60. The number of aliphatic hydroxyl groups is 1. The molecule has 0 aliphatic rings. The van der Waals surface area contributed by atoms with E-state index in [4.69, 9.17) is 4.74 Å². The number of aliphatic hydroxyl groups excluding tert-OH is 1. The maximum atomic E-state index is 11.8. The van der Waals surface area contributed by atoms with E-state index in [0.29, 0.717) is 5.69 Å². The van der Waals surface area contributed by atoms with Gasteiger partial charge in [0.05, 0.1) is 7.11 Å². The van der Waals surface area contributed by atoms with Crippen molar-refractivity contribution in [2.45, 2.75) is 12.6 Å². The van der Waals surface area contributed by atoms with Gasteiger partial charge in [0.1, 0.15) is 11.9 Å². The molecule has 1 unspecified atom stereocenters. The van der Waals surface area contributed by atoms with Gasteiger partial charge in [-0.05, 0) is 29.8 Å². The van der Waals surface area contributed by atoms with Gasteiger partial charge in [0.2, 0.25) is 0 Å². The zero-order valence-corrected chi connectivity index (χ0v) is 13.7. The Balaban J connectivity index is 1.77. The summed E-state index contributed by atoms with van der Waals surface area (Å²) in [6.45, 7) is 0.198. The number of nitrogens with one attached hydrogen (secondary N) is 2. The molecule has 0 aliphatic heterocycles.